The maximum absolute atomic E-state index is 12.2. The maximum Gasteiger partial charge on any atom is 0.306 e. The highest BCUT2D eigenvalue weighted by molar-refractivity contribution is 5.85. The van der Waals surface area contributed by atoms with Gasteiger partial charge in [0.15, 0.2) is 13.2 Å². The minimum atomic E-state index is -0.535. The molecule has 268 valence electrons. The van der Waals surface area contributed by atoms with Crippen molar-refractivity contribution in [3.63, 3.8) is 0 Å². The van der Waals surface area contributed by atoms with Gasteiger partial charge in [-0.05, 0) is 64.2 Å². The second kappa shape index (κ2) is 31.2. The standard InChI is InChI=1S/C37H66O9/c1-5-9-11-13-15-17-23-32(7-3)45-36(41)27-21-19-25-34(39)43-29-31(38)30-44-35(40)26-20-22-28-37(42)46-33(8-4)24-18-16-14-12-10-6-2/h32-33H,5-30H2,1-4H3/t32-,33-/m0/s1. The van der Waals surface area contributed by atoms with Gasteiger partial charge in [-0.25, -0.2) is 0 Å². The summed E-state index contributed by atoms with van der Waals surface area (Å²) in [6, 6.07) is 0. The van der Waals surface area contributed by atoms with Gasteiger partial charge in [-0.2, -0.15) is 0 Å². The van der Waals surface area contributed by atoms with E-state index in [1.165, 1.54) is 64.2 Å². The van der Waals surface area contributed by atoms with Crippen LogP contribution in [0.3, 0.4) is 0 Å². The van der Waals surface area contributed by atoms with Crippen LogP contribution in [0, 0.1) is 0 Å². The molecule has 0 aromatic heterocycles. The van der Waals surface area contributed by atoms with Crippen molar-refractivity contribution in [2.45, 2.75) is 194 Å². The second-order valence-electron chi connectivity index (χ2n) is 12.4. The molecule has 0 unspecified atom stereocenters. The Balaban J connectivity index is 3.87. The van der Waals surface area contributed by atoms with E-state index < -0.39 is 30.9 Å². The molecule has 9 heteroatoms. The number of ether oxygens (including phenoxy) is 4. The number of carbonyl (C=O) groups excluding carboxylic acids is 5. The predicted molar refractivity (Wildman–Crippen MR) is 180 cm³/mol. The van der Waals surface area contributed by atoms with Crippen LogP contribution in [0.1, 0.15) is 182 Å². The number of unbranched alkanes of at least 4 members (excludes halogenated alkanes) is 12. The molecule has 46 heavy (non-hydrogen) atoms. The summed E-state index contributed by atoms with van der Waals surface area (Å²) < 4.78 is 21.1. The fraction of sp³-hybridized carbons (Fsp3) is 0.865. The van der Waals surface area contributed by atoms with Crippen LogP contribution in [-0.2, 0) is 42.9 Å². The first-order chi connectivity index (χ1) is 22.2. The summed E-state index contributed by atoms with van der Waals surface area (Å²) in [7, 11) is 0. The molecule has 0 rings (SSSR count). The van der Waals surface area contributed by atoms with Gasteiger partial charge in [-0.1, -0.05) is 91.9 Å². The third-order valence-corrected chi connectivity index (χ3v) is 8.08. The highest BCUT2D eigenvalue weighted by atomic mass is 16.6. The van der Waals surface area contributed by atoms with Crippen LogP contribution in [0.15, 0.2) is 0 Å². The van der Waals surface area contributed by atoms with Gasteiger partial charge in [0.1, 0.15) is 12.2 Å². The number of esters is 4. The summed E-state index contributed by atoms with van der Waals surface area (Å²) in [6.07, 6.45) is 20.3. The van der Waals surface area contributed by atoms with E-state index in [0.717, 1.165) is 38.5 Å². The fourth-order valence-electron chi connectivity index (χ4n) is 5.07. The topological polar surface area (TPSA) is 122 Å². The van der Waals surface area contributed by atoms with Crippen molar-refractivity contribution in [2.24, 2.45) is 0 Å². The highest BCUT2D eigenvalue weighted by Crippen LogP contribution is 2.16. The van der Waals surface area contributed by atoms with Crippen LogP contribution in [0.2, 0.25) is 0 Å². The lowest BCUT2D eigenvalue weighted by Crippen LogP contribution is -2.20. The quantitative estimate of drug-likeness (QED) is 0.0397. The normalized spacial score (nSPS) is 12.3. The number of ketones is 1. The van der Waals surface area contributed by atoms with E-state index in [0.29, 0.717) is 25.7 Å². The average molecular weight is 655 g/mol. The van der Waals surface area contributed by atoms with Crippen LogP contribution >= 0.6 is 0 Å². The van der Waals surface area contributed by atoms with Crippen molar-refractivity contribution >= 4 is 29.7 Å². The third kappa shape index (κ3) is 27.8. The summed E-state index contributed by atoms with van der Waals surface area (Å²) in [5, 5.41) is 0. The van der Waals surface area contributed by atoms with E-state index >= 15 is 0 Å². The summed E-state index contributed by atoms with van der Waals surface area (Å²) >= 11 is 0. The monoisotopic (exact) mass is 654 g/mol. The van der Waals surface area contributed by atoms with Crippen molar-refractivity contribution in [1.29, 1.82) is 0 Å². The van der Waals surface area contributed by atoms with Gasteiger partial charge in [0.05, 0.1) is 0 Å². The van der Waals surface area contributed by atoms with Crippen molar-refractivity contribution in [3.05, 3.63) is 0 Å². The Morgan fingerprint density at radius 2 is 0.739 bits per heavy atom. The predicted octanol–water partition coefficient (Wildman–Crippen LogP) is 8.91. The van der Waals surface area contributed by atoms with E-state index in [-0.39, 0.29) is 49.8 Å². The zero-order chi connectivity index (χ0) is 34.3. The second-order valence-corrected chi connectivity index (χ2v) is 12.4. The van der Waals surface area contributed by atoms with Gasteiger partial charge >= 0.3 is 23.9 Å². The van der Waals surface area contributed by atoms with E-state index in [1.807, 2.05) is 13.8 Å². The smallest absolute Gasteiger partial charge is 0.306 e. The SMILES string of the molecule is CCCCCCCC[C@H](CC)OC(=O)CCCCC(=O)OCC(=O)COC(=O)CCCCC(=O)O[C@@H](CC)CCCCCCCC. The molecule has 0 bridgehead atoms. The molecular formula is C37H66O9. The molecule has 0 heterocycles. The van der Waals surface area contributed by atoms with Crippen LogP contribution in [0.5, 0.6) is 0 Å². The van der Waals surface area contributed by atoms with E-state index in [9.17, 15) is 24.0 Å². The first-order valence-electron chi connectivity index (χ1n) is 18.5. The number of carbonyl (C=O) groups is 5. The molecule has 0 saturated heterocycles. The lowest BCUT2D eigenvalue weighted by atomic mass is 10.1. The Morgan fingerprint density at radius 3 is 1.09 bits per heavy atom. The number of hydrogen-bond acceptors (Lipinski definition) is 9. The number of hydrogen-bond donors (Lipinski definition) is 0. The molecule has 9 nitrogen and oxygen atoms in total. The lowest BCUT2D eigenvalue weighted by Gasteiger charge is -2.16. The average Bonchev–Trinajstić information content (AvgIpc) is 3.05. The summed E-state index contributed by atoms with van der Waals surface area (Å²) in [5.74, 6) is -2.07. The van der Waals surface area contributed by atoms with E-state index in [2.05, 4.69) is 13.8 Å². The van der Waals surface area contributed by atoms with Gasteiger partial charge in [0.2, 0.25) is 5.78 Å². The van der Waals surface area contributed by atoms with Crippen molar-refractivity contribution in [1.82, 2.24) is 0 Å². The molecule has 0 radical (unpaired) electrons. The summed E-state index contributed by atoms with van der Waals surface area (Å²) in [6.45, 7) is 7.51. The molecule has 0 amide bonds. The van der Waals surface area contributed by atoms with Gasteiger partial charge in [0, 0.05) is 25.7 Å². The Morgan fingerprint density at radius 1 is 0.413 bits per heavy atom. The molecule has 0 N–H and O–H groups in total. The minimum absolute atomic E-state index is 0.0504. The van der Waals surface area contributed by atoms with Gasteiger partial charge in [0.25, 0.3) is 0 Å². The van der Waals surface area contributed by atoms with Crippen molar-refractivity contribution in [2.75, 3.05) is 13.2 Å². The van der Waals surface area contributed by atoms with Gasteiger partial charge < -0.3 is 18.9 Å². The Bertz CT molecular complexity index is 747. The molecule has 0 aliphatic rings. The van der Waals surface area contributed by atoms with Gasteiger partial charge in [-0.15, -0.1) is 0 Å². The zero-order valence-electron chi connectivity index (χ0n) is 29.7. The molecule has 0 aliphatic heterocycles. The first kappa shape index (κ1) is 43.5. The molecular weight excluding hydrogens is 588 g/mol. The maximum atomic E-state index is 12.2. The first-order valence-corrected chi connectivity index (χ1v) is 18.5. The lowest BCUT2D eigenvalue weighted by molar-refractivity contribution is -0.154. The Kier molecular flexibility index (Phi) is 29.5. The van der Waals surface area contributed by atoms with Gasteiger partial charge in [-0.3, -0.25) is 24.0 Å². The van der Waals surface area contributed by atoms with Crippen molar-refractivity contribution < 1.29 is 42.9 Å². The van der Waals surface area contributed by atoms with Crippen LogP contribution in [0.25, 0.3) is 0 Å². The Labute approximate surface area is 279 Å². The third-order valence-electron chi connectivity index (χ3n) is 8.08. The largest absolute Gasteiger partial charge is 0.462 e. The fourth-order valence-corrected chi connectivity index (χ4v) is 5.07. The summed E-state index contributed by atoms with van der Waals surface area (Å²) in [4.78, 5) is 60.2. The van der Waals surface area contributed by atoms with Crippen molar-refractivity contribution in [3.8, 4) is 0 Å². The molecule has 0 saturated carbocycles. The molecule has 0 aromatic rings. The zero-order valence-corrected chi connectivity index (χ0v) is 29.7. The van der Waals surface area contributed by atoms with Crippen LogP contribution < -0.4 is 0 Å². The molecule has 0 spiro atoms. The van der Waals surface area contributed by atoms with Crippen LogP contribution in [-0.4, -0.2) is 55.1 Å². The highest BCUT2D eigenvalue weighted by Gasteiger charge is 2.15. The number of Topliss-reactive ketones (excluding diaryl/α,β-unsaturated/α-hetero) is 1. The Hall–Kier alpha value is -2.45. The number of rotatable bonds is 32. The van der Waals surface area contributed by atoms with Crippen LogP contribution in [0.4, 0.5) is 0 Å². The minimum Gasteiger partial charge on any atom is -0.462 e. The molecule has 0 fully saturated rings. The molecule has 0 aromatic carbocycles. The summed E-state index contributed by atoms with van der Waals surface area (Å²) in [5.41, 5.74) is 0. The molecule has 2 atom stereocenters. The van der Waals surface area contributed by atoms with E-state index in [1.54, 1.807) is 0 Å². The van der Waals surface area contributed by atoms with E-state index in [4.69, 9.17) is 18.9 Å². The molecule has 0 aliphatic carbocycles.